The van der Waals surface area contributed by atoms with Crippen molar-refractivity contribution in [3.63, 3.8) is 0 Å². The molecule has 1 aromatic heterocycles. The standard InChI is InChI=1S/C21H27N3O/c1-14-20(15(2)23(3)22-14)19-12-7-13-24(19)21(25)18-11-6-9-16-8-4-5-10-17(16)18/h4-5,8,10,18-19H,6-7,9,11-13H2,1-3H3/t18-,19-/m0/s1. The highest BCUT2D eigenvalue weighted by Gasteiger charge is 2.38. The van der Waals surface area contributed by atoms with Gasteiger partial charge in [-0.1, -0.05) is 24.3 Å². The van der Waals surface area contributed by atoms with Crippen LogP contribution in [-0.2, 0) is 18.3 Å². The van der Waals surface area contributed by atoms with E-state index < -0.39 is 0 Å². The fourth-order valence-electron chi connectivity index (χ4n) is 4.81. The minimum Gasteiger partial charge on any atom is -0.335 e. The van der Waals surface area contributed by atoms with Crippen LogP contribution in [0.2, 0.25) is 0 Å². The molecule has 132 valence electrons. The maximum atomic E-state index is 13.5. The molecule has 1 aromatic carbocycles. The first-order valence-corrected chi connectivity index (χ1v) is 9.46. The van der Waals surface area contributed by atoms with Gasteiger partial charge in [0.25, 0.3) is 0 Å². The number of aromatic nitrogens is 2. The Bertz CT molecular complexity index is 807. The summed E-state index contributed by atoms with van der Waals surface area (Å²) in [6.45, 7) is 5.06. The van der Waals surface area contributed by atoms with Gasteiger partial charge in [-0.25, -0.2) is 0 Å². The van der Waals surface area contributed by atoms with Crippen molar-refractivity contribution in [2.75, 3.05) is 6.54 Å². The van der Waals surface area contributed by atoms with E-state index in [2.05, 4.69) is 48.1 Å². The van der Waals surface area contributed by atoms with Crippen molar-refractivity contribution < 1.29 is 4.79 Å². The second kappa shape index (κ2) is 6.32. The van der Waals surface area contributed by atoms with E-state index in [1.807, 2.05) is 11.7 Å². The summed E-state index contributed by atoms with van der Waals surface area (Å²) in [5.41, 5.74) is 6.12. The van der Waals surface area contributed by atoms with E-state index in [-0.39, 0.29) is 12.0 Å². The molecule has 25 heavy (non-hydrogen) atoms. The van der Waals surface area contributed by atoms with Crippen LogP contribution in [0.1, 0.15) is 65.7 Å². The number of hydrogen-bond acceptors (Lipinski definition) is 2. The Morgan fingerprint density at radius 1 is 1.16 bits per heavy atom. The highest BCUT2D eigenvalue weighted by molar-refractivity contribution is 5.85. The van der Waals surface area contributed by atoms with Crippen molar-refractivity contribution >= 4 is 5.91 Å². The van der Waals surface area contributed by atoms with Gasteiger partial charge in [0.05, 0.1) is 17.7 Å². The van der Waals surface area contributed by atoms with Gasteiger partial charge in [0.15, 0.2) is 0 Å². The second-order valence-electron chi connectivity index (χ2n) is 7.54. The molecular formula is C21H27N3O. The number of amides is 1. The van der Waals surface area contributed by atoms with Crippen LogP contribution in [0, 0.1) is 13.8 Å². The van der Waals surface area contributed by atoms with Gasteiger partial charge < -0.3 is 4.90 Å². The van der Waals surface area contributed by atoms with Gasteiger partial charge in [-0.2, -0.15) is 5.10 Å². The number of carbonyl (C=O) groups is 1. The van der Waals surface area contributed by atoms with Crippen LogP contribution in [0.15, 0.2) is 24.3 Å². The number of hydrogen-bond donors (Lipinski definition) is 0. The number of aryl methyl sites for hydroxylation is 3. The lowest BCUT2D eigenvalue weighted by Gasteiger charge is -2.32. The first-order chi connectivity index (χ1) is 12.1. The van der Waals surface area contributed by atoms with Gasteiger partial charge in [-0.3, -0.25) is 9.48 Å². The van der Waals surface area contributed by atoms with Crippen LogP contribution in [0.5, 0.6) is 0 Å². The summed E-state index contributed by atoms with van der Waals surface area (Å²) in [4.78, 5) is 15.6. The molecule has 4 nitrogen and oxygen atoms in total. The Hall–Kier alpha value is -2.10. The Balaban J connectivity index is 1.66. The molecule has 2 atom stereocenters. The molecule has 0 N–H and O–H groups in total. The molecular weight excluding hydrogens is 310 g/mol. The number of rotatable bonds is 2. The molecule has 0 bridgehead atoms. The highest BCUT2D eigenvalue weighted by atomic mass is 16.2. The summed E-state index contributed by atoms with van der Waals surface area (Å²) in [5, 5.41) is 4.58. The smallest absolute Gasteiger partial charge is 0.230 e. The summed E-state index contributed by atoms with van der Waals surface area (Å²) < 4.78 is 1.95. The summed E-state index contributed by atoms with van der Waals surface area (Å²) in [5.74, 6) is 0.347. The molecule has 1 aliphatic carbocycles. The maximum Gasteiger partial charge on any atom is 0.230 e. The van der Waals surface area contributed by atoms with Crippen LogP contribution in [0.25, 0.3) is 0 Å². The SMILES string of the molecule is Cc1nn(C)c(C)c1[C@@H]1CCCN1C(=O)[C@H]1CCCc2ccccc21. The van der Waals surface area contributed by atoms with Crippen LogP contribution < -0.4 is 0 Å². The summed E-state index contributed by atoms with van der Waals surface area (Å²) in [6, 6.07) is 8.69. The van der Waals surface area contributed by atoms with Gasteiger partial charge in [-0.05, 0) is 57.1 Å². The Kier molecular flexibility index (Phi) is 4.14. The average molecular weight is 337 g/mol. The number of benzene rings is 1. The number of nitrogens with zero attached hydrogens (tertiary/aromatic N) is 3. The minimum atomic E-state index is 0.0304. The van der Waals surface area contributed by atoms with E-state index in [1.165, 1.54) is 22.4 Å². The zero-order valence-electron chi connectivity index (χ0n) is 15.5. The molecule has 0 radical (unpaired) electrons. The third kappa shape index (κ3) is 2.68. The molecule has 0 spiro atoms. The van der Waals surface area contributed by atoms with Gasteiger partial charge >= 0.3 is 0 Å². The molecule has 2 heterocycles. The van der Waals surface area contributed by atoms with E-state index in [0.29, 0.717) is 5.91 Å². The van der Waals surface area contributed by atoms with Crippen molar-refractivity contribution in [3.8, 4) is 0 Å². The third-order valence-electron chi connectivity index (χ3n) is 6.10. The zero-order valence-corrected chi connectivity index (χ0v) is 15.5. The molecule has 0 unspecified atom stereocenters. The fourth-order valence-corrected chi connectivity index (χ4v) is 4.81. The Morgan fingerprint density at radius 3 is 2.72 bits per heavy atom. The molecule has 2 aliphatic rings. The van der Waals surface area contributed by atoms with Crippen molar-refractivity contribution in [1.29, 1.82) is 0 Å². The normalized spacial score (nSPS) is 22.9. The van der Waals surface area contributed by atoms with Crippen molar-refractivity contribution in [2.24, 2.45) is 7.05 Å². The molecule has 1 aliphatic heterocycles. The minimum absolute atomic E-state index is 0.0304. The largest absolute Gasteiger partial charge is 0.335 e. The Morgan fingerprint density at radius 2 is 1.96 bits per heavy atom. The van der Waals surface area contributed by atoms with Crippen LogP contribution in [0.4, 0.5) is 0 Å². The topological polar surface area (TPSA) is 38.1 Å². The number of fused-ring (bicyclic) bond motifs is 1. The molecule has 4 heteroatoms. The summed E-state index contributed by atoms with van der Waals surface area (Å²) in [7, 11) is 1.99. The lowest BCUT2D eigenvalue weighted by molar-refractivity contribution is -0.134. The second-order valence-corrected chi connectivity index (χ2v) is 7.54. The third-order valence-corrected chi connectivity index (χ3v) is 6.10. The van der Waals surface area contributed by atoms with E-state index >= 15 is 0 Å². The van der Waals surface area contributed by atoms with Gasteiger partial charge in [-0.15, -0.1) is 0 Å². The van der Waals surface area contributed by atoms with E-state index in [4.69, 9.17) is 0 Å². The lowest BCUT2D eigenvalue weighted by Crippen LogP contribution is -2.36. The Labute approximate surface area is 149 Å². The van der Waals surface area contributed by atoms with Crippen LogP contribution >= 0.6 is 0 Å². The molecule has 1 fully saturated rings. The van der Waals surface area contributed by atoms with Gasteiger partial charge in [0, 0.05) is 24.8 Å². The van der Waals surface area contributed by atoms with E-state index in [1.54, 1.807) is 0 Å². The summed E-state index contributed by atoms with van der Waals surface area (Å²) in [6.07, 6.45) is 5.32. The van der Waals surface area contributed by atoms with Gasteiger partial charge in [0.2, 0.25) is 5.91 Å². The van der Waals surface area contributed by atoms with Crippen molar-refractivity contribution in [2.45, 2.75) is 57.9 Å². The average Bonchev–Trinajstić information content (AvgIpc) is 3.18. The van der Waals surface area contributed by atoms with E-state index in [0.717, 1.165) is 44.3 Å². The monoisotopic (exact) mass is 337 g/mol. The van der Waals surface area contributed by atoms with E-state index in [9.17, 15) is 4.79 Å². The molecule has 4 rings (SSSR count). The van der Waals surface area contributed by atoms with Gasteiger partial charge in [0.1, 0.15) is 0 Å². The summed E-state index contributed by atoms with van der Waals surface area (Å²) >= 11 is 0. The highest BCUT2D eigenvalue weighted by Crippen LogP contribution is 2.40. The quantitative estimate of drug-likeness (QED) is 0.835. The maximum absolute atomic E-state index is 13.5. The molecule has 1 saturated heterocycles. The first-order valence-electron chi connectivity index (χ1n) is 9.46. The van der Waals surface area contributed by atoms with Crippen molar-refractivity contribution in [1.82, 2.24) is 14.7 Å². The number of carbonyl (C=O) groups excluding carboxylic acids is 1. The predicted octanol–water partition coefficient (Wildman–Crippen LogP) is 3.82. The first kappa shape index (κ1) is 16.4. The molecule has 1 amide bonds. The lowest BCUT2D eigenvalue weighted by atomic mass is 9.82. The molecule has 0 saturated carbocycles. The predicted molar refractivity (Wildman–Crippen MR) is 98.5 cm³/mol. The fraction of sp³-hybridized carbons (Fsp3) is 0.524. The van der Waals surface area contributed by atoms with Crippen molar-refractivity contribution in [3.05, 3.63) is 52.3 Å². The van der Waals surface area contributed by atoms with Crippen LogP contribution in [0.3, 0.4) is 0 Å². The number of likely N-dealkylation sites (tertiary alicyclic amines) is 1. The molecule has 2 aromatic rings. The van der Waals surface area contributed by atoms with Crippen LogP contribution in [-0.4, -0.2) is 27.1 Å². The zero-order chi connectivity index (χ0) is 17.6.